The molecule has 0 unspecified atom stereocenters. The predicted octanol–water partition coefficient (Wildman–Crippen LogP) is 3.80. The molecule has 8 heteroatoms. The highest BCUT2D eigenvalue weighted by molar-refractivity contribution is 7.92. The number of halogens is 3. The zero-order valence-electron chi connectivity index (χ0n) is 10.3. The molecule has 0 aromatic heterocycles. The fourth-order valence-electron chi connectivity index (χ4n) is 1.57. The van der Waals surface area contributed by atoms with E-state index in [1.807, 2.05) is 0 Å². The third-order valence-corrected chi connectivity index (χ3v) is 4.62. The summed E-state index contributed by atoms with van der Waals surface area (Å²) in [5, 5.41) is 8.93. The van der Waals surface area contributed by atoms with Gasteiger partial charge in [-0.3, -0.25) is 4.72 Å². The third-order valence-electron chi connectivity index (χ3n) is 2.52. The SMILES string of the molecule is N#Cc1cc(NS(=O)(=O)c2cc(Cl)ccc2Cl)ccc1F. The molecule has 21 heavy (non-hydrogen) atoms. The molecule has 108 valence electrons. The lowest BCUT2D eigenvalue weighted by atomic mass is 10.2. The van der Waals surface area contributed by atoms with Crippen LogP contribution in [0.2, 0.25) is 10.0 Å². The van der Waals surface area contributed by atoms with Crippen molar-refractivity contribution in [1.29, 1.82) is 5.26 Å². The Morgan fingerprint density at radius 3 is 2.52 bits per heavy atom. The Morgan fingerprint density at radius 2 is 1.86 bits per heavy atom. The number of hydrogen-bond donors (Lipinski definition) is 1. The van der Waals surface area contributed by atoms with Gasteiger partial charge in [-0.1, -0.05) is 23.2 Å². The highest BCUT2D eigenvalue weighted by Crippen LogP contribution is 2.27. The van der Waals surface area contributed by atoms with Crippen molar-refractivity contribution >= 4 is 38.9 Å². The van der Waals surface area contributed by atoms with Crippen molar-refractivity contribution in [3.05, 3.63) is 57.8 Å². The normalized spacial score (nSPS) is 11.0. The number of nitrogens with one attached hydrogen (secondary N) is 1. The van der Waals surface area contributed by atoms with E-state index in [9.17, 15) is 12.8 Å². The first-order valence-electron chi connectivity index (χ1n) is 5.51. The topological polar surface area (TPSA) is 70.0 Å². The van der Waals surface area contributed by atoms with Gasteiger partial charge in [-0.15, -0.1) is 0 Å². The van der Waals surface area contributed by atoms with Crippen molar-refractivity contribution in [1.82, 2.24) is 0 Å². The van der Waals surface area contributed by atoms with Crippen LogP contribution in [-0.4, -0.2) is 8.42 Å². The lowest BCUT2D eigenvalue weighted by Crippen LogP contribution is -2.13. The molecular formula is C13H7Cl2FN2O2S. The fraction of sp³-hybridized carbons (Fsp3) is 0. The number of sulfonamides is 1. The minimum Gasteiger partial charge on any atom is -0.280 e. The molecule has 0 heterocycles. The lowest BCUT2D eigenvalue weighted by Gasteiger charge is -2.10. The monoisotopic (exact) mass is 344 g/mol. The standard InChI is InChI=1S/C13H7Cl2FN2O2S/c14-9-1-3-11(15)13(6-9)21(19,20)18-10-2-4-12(16)8(5-10)7-17/h1-6,18H. The van der Waals surface area contributed by atoms with Gasteiger partial charge in [0.1, 0.15) is 16.8 Å². The Bertz CT molecular complexity index is 848. The van der Waals surface area contributed by atoms with E-state index in [0.29, 0.717) is 0 Å². The maximum atomic E-state index is 13.2. The van der Waals surface area contributed by atoms with Gasteiger partial charge in [0.05, 0.1) is 16.3 Å². The molecule has 0 aliphatic carbocycles. The zero-order chi connectivity index (χ0) is 15.6. The van der Waals surface area contributed by atoms with Gasteiger partial charge >= 0.3 is 0 Å². The summed E-state index contributed by atoms with van der Waals surface area (Å²) in [6, 6.07) is 8.91. The van der Waals surface area contributed by atoms with Crippen molar-refractivity contribution in [2.45, 2.75) is 4.90 Å². The number of hydrogen-bond acceptors (Lipinski definition) is 3. The van der Waals surface area contributed by atoms with E-state index in [2.05, 4.69) is 4.72 Å². The first kappa shape index (κ1) is 15.6. The van der Waals surface area contributed by atoms with Gasteiger partial charge in [-0.2, -0.15) is 5.26 Å². The van der Waals surface area contributed by atoms with E-state index in [1.165, 1.54) is 24.3 Å². The van der Waals surface area contributed by atoms with E-state index >= 15 is 0 Å². The average Bonchev–Trinajstić information content (AvgIpc) is 2.43. The molecule has 2 aromatic rings. The summed E-state index contributed by atoms with van der Waals surface area (Å²) in [4.78, 5) is -0.209. The van der Waals surface area contributed by atoms with Crippen LogP contribution in [0.5, 0.6) is 0 Å². The summed E-state index contributed by atoms with van der Waals surface area (Å²) >= 11 is 11.6. The smallest absolute Gasteiger partial charge is 0.263 e. The number of nitrogens with zero attached hydrogens (tertiary/aromatic N) is 1. The van der Waals surface area contributed by atoms with E-state index in [0.717, 1.165) is 12.1 Å². The van der Waals surface area contributed by atoms with Crippen LogP contribution in [0.3, 0.4) is 0 Å². The second-order valence-electron chi connectivity index (χ2n) is 3.99. The molecule has 2 rings (SSSR count). The van der Waals surface area contributed by atoms with Crippen molar-refractivity contribution in [2.75, 3.05) is 4.72 Å². The molecule has 0 fully saturated rings. The van der Waals surface area contributed by atoms with Gasteiger partial charge < -0.3 is 0 Å². The van der Waals surface area contributed by atoms with Gasteiger partial charge in [0.15, 0.2) is 0 Å². The number of rotatable bonds is 3. The summed E-state index contributed by atoms with van der Waals surface area (Å²) in [6.07, 6.45) is 0. The van der Waals surface area contributed by atoms with Crippen LogP contribution in [0.4, 0.5) is 10.1 Å². The van der Waals surface area contributed by atoms with Gasteiger partial charge in [-0.25, -0.2) is 12.8 Å². The summed E-state index contributed by atoms with van der Waals surface area (Å²) in [6.45, 7) is 0. The first-order valence-corrected chi connectivity index (χ1v) is 7.75. The maximum Gasteiger partial charge on any atom is 0.263 e. The summed E-state index contributed by atoms with van der Waals surface area (Å²) in [5.74, 6) is -0.735. The molecule has 0 aliphatic rings. The summed E-state index contributed by atoms with van der Waals surface area (Å²) in [5.41, 5.74) is -0.226. The second-order valence-corrected chi connectivity index (χ2v) is 6.48. The van der Waals surface area contributed by atoms with Gasteiger partial charge in [0.25, 0.3) is 10.0 Å². The largest absolute Gasteiger partial charge is 0.280 e. The molecular weight excluding hydrogens is 338 g/mol. The predicted molar refractivity (Wildman–Crippen MR) is 78.4 cm³/mol. The van der Waals surface area contributed by atoms with Crippen molar-refractivity contribution < 1.29 is 12.8 Å². The molecule has 0 bridgehead atoms. The minimum atomic E-state index is -4.00. The van der Waals surface area contributed by atoms with Crippen molar-refractivity contribution in [3.63, 3.8) is 0 Å². The maximum absolute atomic E-state index is 13.2. The van der Waals surface area contributed by atoms with Crippen LogP contribution in [0.1, 0.15) is 5.56 Å². The molecule has 2 aromatic carbocycles. The molecule has 0 aliphatic heterocycles. The number of benzene rings is 2. The van der Waals surface area contributed by atoms with Crippen molar-refractivity contribution in [3.8, 4) is 6.07 Å². The Balaban J connectivity index is 2.43. The third kappa shape index (κ3) is 3.45. The Labute approximate surface area is 130 Å². The fourth-order valence-corrected chi connectivity index (χ4v) is 3.38. The average molecular weight is 345 g/mol. The molecule has 0 amide bonds. The molecule has 0 atom stereocenters. The van der Waals surface area contributed by atoms with Crippen LogP contribution < -0.4 is 4.72 Å². The Kier molecular flexibility index (Phi) is 4.37. The molecule has 0 saturated heterocycles. The molecule has 0 saturated carbocycles. The Morgan fingerprint density at radius 1 is 1.14 bits per heavy atom. The van der Waals surface area contributed by atoms with Crippen LogP contribution in [0.15, 0.2) is 41.3 Å². The van der Waals surface area contributed by atoms with E-state index in [4.69, 9.17) is 28.5 Å². The van der Waals surface area contributed by atoms with Crippen molar-refractivity contribution in [2.24, 2.45) is 0 Å². The van der Waals surface area contributed by atoms with Gasteiger partial charge in [0.2, 0.25) is 0 Å². The van der Waals surface area contributed by atoms with E-state index < -0.39 is 15.8 Å². The van der Waals surface area contributed by atoms with Crippen LogP contribution in [0.25, 0.3) is 0 Å². The summed E-state index contributed by atoms with van der Waals surface area (Å²) in [7, 11) is -4.00. The quantitative estimate of drug-likeness (QED) is 0.920. The number of anilines is 1. The first-order chi connectivity index (χ1) is 9.83. The molecule has 0 radical (unpaired) electrons. The molecule has 1 N–H and O–H groups in total. The minimum absolute atomic E-state index is 0.00508. The van der Waals surface area contributed by atoms with Gasteiger partial charge in [0, 0.05) is 5.02 Å². The van der Waals surface area contributed by atoms with E-state index in [1.54, 1.807) is 6.07 Å². The van der Waals surface area contributed by atoms with Crippen LogP contribution >= 0.6 is 23.2 Å². The number of nitriles is 1. The second kappa shape index (κ2) is 5.90. The van der Waals surface area contributed by atoms with Crippen LogP contribution in [0, 0.1) is 17.1 Å². The van der Waals surface area contributed by atoms with Crippen LogP contribution in [-0.2, 0) is 10.0 Å². The summed E-state index contributed by atoms with van der Waals surface area (Å²) < 4.78 is 39.9. The van der Waals surface area contributed by atoms with E-state index in [-0.39, 0.29) is 26.2 Å². The molecule has 0 spiro atoms. The highest BCUT2D eigenvalue weighted by Gasteiger charge is 2.19. The zero-order valence-corrected chi connectivity index (χ0v) is 12.6. The molecule has 4 nitrogen and oxygen atoms in total. The lowest BCUT2D eigenvalue weighted by molar-refractivity contribution is 0.601. The van der Waals surface area contributed by atoms with Gasteiger partial charge in [-0.05, 0) is 36.4 Å². The Hall–Kier alpha value is -1.81. The highest BCUT2D eigenvalue weighted by atomic mass is 35.5.